The number of rotatable bonds is 5. The first kappa shape index (κ1) is 23.1. The minimum atomic E-state index is -0.373. The van der Waals surface area contributed by atoms with E-state index in [2.05, 4.69) is 10.6 Å². The maximum absolute atomic E-state index is 12.8. The number of nitrogens with one attached hydrogen (secondary N) is 2. The van der Waals surface area contributed by atoms with Crippen LogP contribution in [0.15, 0.2) is 77.7 Å². The van der Waals surface area contributed by atoms with Crippen molar-refractivity contribution < 1.29 is 14.4 Å². The Kier molecular flexibility index (Phi) is 6.70. The van der Waals surface area contributed by atoms with Crippen LogP contribution < -0.4 is 20.4 Å². The van der Waals surface area contributed by atoms with E-state index in [1.54, 1.807) is 18.0 Å². The third kappa shape index (κ3) is 5.29. The molecule has 0 atom stereocenters. The van der Waals surface area contributed by atoms with Crippen molar-refractivity contribution >= 4 is 52.1 Å². The minimum absolute atomic E-state index is 0.237. The minimum Gasteiger partial charge on any atom is -0.378 e. The largest absolute Gasteiger partial charge is 0.378 e. The highest BCUT2D eigenvalue weighted by molar-refractivity contribution is 8.18. The number of carbonyl (C=O) groups excluding carboxylic acids is 3. The third-order valence-corrected chi connectivity index (χ3v) is 6.17. The second-order valence-electron chi connectivity index (χ2n) is 7.96. The Bertz CT molecular complexity index is 1270. The molecule has 0 bridgehead atoms. The fourth-order valence-corrected chi connectivity index (χ4v) is 4.09. The summed E-state index contributed by atoms with van der Waals surface area (Å²) in [5.41, 5.74) is 5.28. The van der Waals surface area contributed by atoms with Gasteiger partial charge in [-0.05, 0) is 70.9 Å². The summed E-state index contributed by atoms with van der Waals surface area (Å²) < 4.78 is 0. The molecule has 172 valence electrons. The Morgan fingerprint density at radius 1 is 0.882 bits per heavy atom. The van der Waals surface area contributed by atoms with Crippen LogP contribution in [0.2, 0.25) is 0 Å². The van der Waals surface area contributed by atoms with Gasteiger partial charge in [0, 0.05) is 38.2 Å². The van der Waals surface area contributed by atoms with E-state index in [-0.39, 0.29) is 17.2 Å². The van der Waals surface area contributed by atoms with Crippen LogP contribution in [0.5, 0.6) is 0 Å². The Labute approximate surface area is 202 Å². The molecule has 1 heterocycles. The standard InChI is InChI=1S/C26H24N4O3S/c1-29(2)21-13-11-20(12-14-21)27-25(32)30(3)22-6-4-5-19(16-22)18-9-7-17(8-10-18)15-23-24(31)28-26(33)34-23/h4-16H,1-3H3,(H,27,32)(H,28,31,33)/b23-15+. The Hall–Kier alpha value is -4.04. The second-order valence-corrected chi connectivity index (χ2v) is 8.97. The molecule has 2 N–H and O–H groups in total. The van der Waals surface area contributed by atoms with Crippen LogP contribution in [-0.2, 0) is 4.79 Å². The molecule has 0 aliphatic carbocycles. The van der Waals surface area contributed by atoms with Gasteiger partial charge in [0.05, 0.1) is 4.91 Å². The van der Waals surface area contributed by atoms with Gasteiger partial charge in [-0.15, -0.1) is 0 Å². The molecule has 7 nitrogen and oxygen atoms in total. The highest BCUT2D eigenvalue weighted by Gasteiger charge is 2.24. The summed E-state index contributed by atoms with van der Waals surface area (Å²) in [5.74, 6) is -0.373. The number of urea groups is 1. The van der Waals surface area contributed by atoms with Crippen molar-refractivity contribution in [3.63, 3.8) is 0 Å². The highest BCUT2D eigenvalue weighted by atomic mass is 32.2. The molecule has 4 rings (SSSR count). The average molecular weight is 473 g/mol. The van der Waals surface area contributed by atoms with Gasteiger partial charge in [-0.3, -0.25) is 19.8 Å². The molecule has 1 aliphatic heterocycles. The average Bonchev–Trinajstić information content (AvgIpc) is 3.15. The summed E-state index contributed by atoms with van der Waals surface area (Å²) in [6, 6.07) is 22.8. The second kappa shape index (κ2) is 9.84. The molecule has 1 saturated heterocycles. The topological polar surface area (TPSA) is 81.8 Å². The third-order valence-electron chi connectivity index (χ3n) is 5.36. The van der Waals surface area contributed by atoms with Crippen molar-refractivity contribution in [1.29, 1.82) is 0 Å². The van der Waals surface area contributed by atoms with Crippen molar-refractivity contribution in [1.82, 2.24) is 5.32 Å². The van der Waals surface area contributed by atoms with Crippen LogP contribution in [0.1, 0.15) is 5.56 Å². The van der Waals surface area contributed by atoms with E-state index < -0.39 is 0 Å². The number of hydrogen-bond acceptors (Lipinski definition) is 5. The number of imide groups is 1. The van der Waals surface area contributed by atoms with Crippen molar-refractivity contribution in [2.45, 2.75) is 0 Å². The SMILES string of the molecule is CN(C)c1ccc(NC(=O)N(C)c2cccc(-c3ccc(/C=C4/SC(=O)NC4=O)cc3)c2)cc1. The fraction of sp³-hybridized carbons (Fsp3) is 0.115. The zero-order valence-corrected chi connectivity index (χ0v) is 19.8. The molecular formula is C26H24N4O3S. The Morgan fingerprint density at radius 3 is 2.21 bits per heavy atom. The number of benzene rings is 3. The maximum Gasteiger partial charge on any atom is 0.326 e. The molecule has 34 heavy (non-hydrogen) atoms. The monoisotopic (exact) mass is 472 g/mol. The van der Waals surface area contributed by atoms with Crippen LogP contribution in [-0.4, -0.2) is 38.3 Å². The summed E-state index contributed by atoms with van der Waals surface area (Å²) in [4.78, 5) is 39.8. The van der Waals surface area contributed by atoms with Gasteiger partial charge in [0.1, 0.15) is 0 Å². The number of amides is 4. The van der Waals surface area contributed by atoms with E-state index in [1.807, 2.05) is 91.8 Å². The van der Waals surface area contributed by atoms with Crippen LogP contribution >= 0.6 is 11.8 Å². The normalized spacial score (nSPS) is 14.1. The van der Waals surface area contributed by atoms with Gasteiger partial charge in [-0.25, -0.2) is 4.79 Å². The summed E-state index contributed by atoms with van der Waals surface area (Å²) >= 11 is 0.895. The van der Waals surface area contributed by atoms with E-state index in [0.29, 0.717) is 4.91 Å². The molecule has 1 aliphatic rings. The number of thioether (sulfide) groups is 1. The van der Waals surface area contributed by atoms with Gasteiger partial charge >= 0.3 is 6.03 Å². The molecular weight excluding hydrogens is 448 g/mol. The predicted molar refractivity (Wildman–Crippen MR) is 139 cm³/mol. The lowest BCUT2D eigenvalue weighted by Crippen LogP contribution is -2.31. The van der Waals surface area contributed by atoms with Gasteiger partial charge in [0.2, 0.25) is 0 Å². The van der Waals surface area contributed by atoms with Crippen molar-refractivity contribution in [2.75, 3.05) is 36.3 Å². The van der Waals surface area contributed by atoms with Crippen LogP contribution in [0.4, 0.5) is 26.7 Å². The molecule has 0 aromatic heterocycles. The van der Waals surface area contributed by atoms with E-state index >= 15 is 0 Å². The Morgan fingerprint density at radius 2 is 1.59 bits per heavy atom. The van der Waals surface area contributed by atoms with Crippen LogP contribution in [0.3, 0.4) is 0 Å². The summed E-state index contributed by atoms with van der Waals surface area (Å²) in [5, 5.41) is 4.81. The van der Waals surface area contributed by atoms with E-state index in [9.17, 15) is 14.4 Å². The molecule has 1 fully saturated rings. The number of carbonyl (C=O) groups is 3. The zero-order valence-electron chi connectivity index (χ0n) is 19.0. The lowest BCUT2D eigenvalue weighted by Gasteiger charge is -2.19. The zero-order chi connectivity index (χ0) is 24.2. The number of anilines is 3. The van der Waals surface area contributed by atoms with Gasteiger partial charge in [0.25, 0.3) is 11.1 Å². The van der Waals surface area contributed by atoms with Crippen molar-refractivity contribution in [3.8, 4) is 11.1 Å². The van der Waals surface area contributed by atoms with Gasteiger partial charge in [-0.2, -0.15) is 0 Å². The molecule has 0 radical (unpaired) electrons. The Balaban J connectivity index is 1.46. The van der Waals surface area contributed by atoms with Gasteiger partial charge in [0.15, 0.2) is 0 Å². The van der Waals surface area contributed by atoms with E-state index in [0.717, 1.165) is 45.5 Å². The van der Waals surface area contributed by atoms with Crippen LogP contribution in [0.25, 0.3) is 17.2 Å². The highest BCUT2D eigenvalue weighted by Crippen LogP contribution is 2.28. The lowest BCUT2D eigenvalue weighted by atomic mass is 10.0. The maximum atomic E-state index is 12.8. The van der Waals surface area contributed by atoms with Gasteiger partial charge < -0.3 is 10.2 Å². The molecule has 8 heteroatoms. The fourth-order valence-electron chi connectivity index (χ4n) is 3.41. The van der Waals surface area contributed by atoms with Crippen LogP contribution in [0, 0.1) is 0 Å². The lowest BCUT2D eigenvalue weighted by molar-refractivity contribution is -0.115. The molecule has 0 saturated carbocycles. The summed E-state index contributed by atoms with van der Waals surface area (Å²) in [6.45, 7) is 0. The molecule has 3 aromatic rings. The number of hydrogen-bond donors (Lipinski definition) is 2. The molecule has 3 aromatic carbocycles. The molecule has 0 unspecified atom stereocenters. The first-order valence-electron chi connectivity index (χ1n) is 10.6. The predicted octanol–water partition coefficient (Wildman–Crippen LogP) is 5.41. The van der Waals surface area contributed by atoms with E-state index in [4.69, 9.17) is 0 Å². The number of nitrogens with zero attached hydrogens (tertiary/aromatic N) is 2. The first-order valence-corrected chi connectivity index (χ1v) is 11.4. The van der Waals surface area contributed by atoms with Crippen molar-refractivity contribution in [2.24, 2.45) is 0 Å². The molecule has 4 amide bonds. The summed E-state index contributed by atoms with van der Waals surface area (Å²) in [6.07, 6.45) is 1.69. The van der Waals surface area contributed by atoms with Gasteiger partial charge in [-0.1, -0.05) is 36.4 Å². The van der Waals surface area contributed by atoms with E-state index in [1.165, 1.54) is 0 Å². The smallest absolute Gasteiger partial charge is 0.326 e. The summed E-state index contributed by atoms with van der Waals surface area (Å²) in [7, 11) is 5.66. The first-order chi connectivity index (χ1) is 16.3. The van der Waals surface area contributed by atoms with Crippen molar-refractivity contribution in [3.05, 3.63) is 83.3 Å². The molecule has 0 spiro atoms. The quantitative estimate of drug-likeness (QED) is 0.485.